The molecule has 0 aromatic heterocycles. The van der Waals surface area contributed by atoms with Crippen LogP contribution in [0.4, 0.5) is 0 Å². The molecule has 1 aromatic rings. The molecule has 0 atom stereocenters. The number of aryl methyl sites for hydroxylation is 1. The first-order valence-corrected chi connectivity index (χ1v) is 5.78. The van der Waals surface area contributed by atoms with Gasteiger partial charge in [0.1, 0.15) is 5.84 Å². The summed E-state index contributed by atoms with van der Waals surface area (Å²) in [6.45, 7) is 0. The standard InChI is InChI=1S/C11H14N2S/c1-13-11(12)9-4-5-10-8(7-9)3-2-6-14-10/h4-5,7H,2-3,6H2,1H3,(H2,12,13). The molecule has 0 radical (unpaired) electrons. The summed E-state index contributed by atoms with van der Waals surface area (Å²) in [5.41, 5.74) is 8.24. The van der Waals surface area contributed by atoms with E-state index >= 15 is 0 Å². The van der Waals surface area contributed by atoms with Gasteiger partial charge in [-0.1, -0.05) is 6.07 Å². The number of hydrogen-bond acceptors (Lipinski definition) is 2. The van der Waals surface area contributed by atoms with Crippen molar-refractivity contribution in [2.24, 2.45) is 10.7 Å². The van der Waals surface area contributed by atoms with E-state index in [1.807, 2.05) is 11.8 Å². The van der Waals surface area contributed by atoms with E-state index in [-0.39, 0.29) is 0 Å². The van der Waals surface area contributed by atoms with Crippen molar-refractivity contribution < 1.29 is 0 Å². The second-order valence-electron chi connectivity index (χ2n) is 3.38. The monoisotopic (exact) mass is 206 g/mol. The zero-order valence-electron chi connectivity index (χ0n) is 8.29. The average Bonchev–Trinajstić information content (AvgIpc) is 2.27. The number of nitrogens with zero attached hydrogens (tertiary/aromatic N) is 1. The van der Waals surface area contributed by atoms with Crippen LogP contribution in [-0.4, -0.2) is 18.6 Å². The van der Waals surface area contributed by atoms with Crippen LogP contribution in [0, 0.1) is 0 Å². The van der Waals surface area contributed by atoms with E-state index in [1.165, 1.54) is 29.1 Å². The van der Waals surface area contributed by atoms with Gasteiger partial charge in [-0.05, 0) is 36.3 Å². The van der Waals surface area contributed by atoms with Crippen molar-refractivity contribution in [3.8, 4) is 0 Å². The van der Waals surface area contributed by atoms with Gasteiger partial charge in [0.2, 0.25) is 0 Å². The molecule has 74 valence electrons. The SMILES string of the molecule is CN=C(N)c1ccc2c(c1)CCCS2. The third kappa shape index (κ3) is 1.77. The minimum Gasteiger partial charge on any atom is -0.384 e. The van der Waals surface area contributed by atoms with Crippen molar-refractivity contribution in [3.05, 3.63) is 29.3 Å². The van der Waals surface area contributed by atoms with E-state index in [0.717, 1.165) is 5.56 Å². The predicted molar refractivity (Wildman–Crippen MR) is 62.1 cm³/mol. The summed E-state index contributed by atoms with van der Waals surface area (Å²) >= 11 is 1.94. The van der Waals surface area contributed by atoms with Crippen LogP contribution < -0.4 is 5.73 Å². The average molecular weight is 206 g/mol. The van der Waals surface area contributed by atoms with Gasteiger partial charge < -0.3 is 5.73 Å². The van der Waals surface area contributed by atoms with Gasteiger partial charge in [0, 0.05) is 17.5 Å². The number of aliphatic imine (C=N–C) groups is 1. The number of fused-ring (bicyclic) bond motifs is 1. The molecule has 1 aromatic carbocycles. The molecule has 14 heavy (non-hydrogen) atoms. The molecule has 0 fully saturated rings. The summed E-state index contributed by atoms with van der Waals surface area (Å²) in [6.07, 6.45) is 2.44. The van der Waals surface area contributed by atoms with E-state index < -0.39 is 0 Å². The molecule has 2 nitrogen and oxygen atoms in total. The summed E-state index contributed by atoms with van der Waals surface area (Å²) < 4.78 is 0. The maximum Gasteiger partial charge on any atom is 0.125 e. The molecule has 0 saturated carbocycles. The molecule has 2 N–H and O–H groups in total. The molecular formula is C11H14N2S. The Morgan fingerprint density at radius 1 is 1.50 bits per heavy atom. The van der Waals surface area contributed by atoms with Crippen LogP contribution in [0.1, 0.15) is 17.5 Å². The number of amidine groups is 1. The van der Waals surface area contributed by atoms with Gasteiger partial charge in [0.05, 0.1) is 0 Å². The Balaban J connectivity index is 2.38. The van der Waals surface area contributed by atoms with Crippen LogP contribution in [0.25, 0.3) is 0 Å². The van der Waals surface area contributed by atoms with Crippen LogP contribution in [0.2, 0.25) is 0 Å². The zero-order chi connectivity index (χ0) is 9.97. The topological polar surface area (TPSA) is 38.4 Å². The molecule has 0 spiro atoms. The third-order valence-electron chi connectivity index (χ3n) is 2.45. The maximum atomic E-state index is 5.77. The summed E-state index contributed by atoms with van der Waals surface area (Å²) in [5.74, 6) is 1.87. The highest BCUT2D eigenvalue weighted by Gasteiger charge is 2.10. The number of benzene rings is 1. The lowest BCUT2D eigenvalue weighted by Gasteiger charge is -2.15. The first-order valence-electron chi connectivity index (χ1n) is 4.79. The molecule has 1 aliphatic rings. The fourth-order valence-corrected chi connectivity index (χ4v) is 2.67. The third-order valence-corrected chi connectivity index (χ3v) is 3.65. The van der Waals surface area contributed by atoms with Gasteiger partial charge >= 0.3 is 0 Å². The Kier molecular flexibility index (Phi) is 2.77. The Morgan fingerprint density at radius 3 is 3.14 bits per heavy atom. The molecule has 3 heteroatoms. The quantitative estimate of drug-likeness (QED) is 0.564. The number of thioether (sulfide) groups is 1. The Hall–Kier alpha value is -0.960. The van der Waals surface area contributed by atoms with Gasteiger partial charge in [0.25, 0.3) is 0 Å². The van der Waals surface area contributed by atoms with Crippen LogP contribution in [0.15, 0.2) is 28.1 Å². The first kappa shape index (κ1) is 9.59. The predicted octanol–water partition coefficient (Wildman–Crippen LogP) is 2.06. The highest BCUT2D eigenvalue weighted by Crippen LogP contribution is 2.30. The van der Waals surface area contributed by atoms with Crippen molar-refractivity contribution in [2.45, 2.75) is 17.7 Å². The van der Waals surface area contributed by atoms with Gasteiger partial charge in [-0.2, -0.15) is 0 Å². The largest absolute Gasteiger partial charge is 0.384 e. The summed E-state index contributed by atoms with van der Waals surface area (Å²) in [5, 5.41) is 0. The number of nitrogens with two attached hydrogens (primary N) is 1. The molecule has 0 bridgehead atoms. The van der Waals surface area contributed by atoms with Gasteiger partial charge in [0.15, 0.2) is 0 Å². The van der Waals surface area contributed by atoms with Gasteiger partial charge in [-0.25, -0.2) is 0 Å². The zero-order valence-corrected chi connectivity index (χ0v) is 9.10. The lowest BCUT2D eigenvalue weighted by Crippen LogP contribution is -2.13. The van der Waals surface area contributed by atoms with E-state index in [2.05, 4.69) is 23.2 Å². The highest BCUT2D eigenvalue weighted by atomic mass is 32.2. The van der Waals surface area contributed by atoms with Crippen LogP contribution in [-0.2, 0) is 6.42 Å². The fourth-order valence-electron chi connectivity index (χ4n) is 1.65. The van der Waals surface area contributed by atoms with Crippen LogP contribution in [0.5, 0.6) is 0 Å². The Bertz CT molecular complexity index is 372. The minimum absolute atomic E-state index is 0.628. The molecule has 0 aliphatic carbocycles. The lowest BCUT2D eigenvalue weighted by atomic mass is 10.1. The van der Waals surface area contributed by atoms with Crippen molar-refractivity contribution in [2.75, 3.05) is 12.8 Å². The van der Waals surface area contributed by atoms with Gasteiger partial charge in [-0.3, -0.25) is 4.99 Å². The molecule has 1 aliphatic heterocycles. The first-order chi connectivity index (χ1) is 6.81. The van der Waals surface area contributed by atoms with Crippen LogP contribution >= 0.6 is 11.8 Å². The molecule has 0 amide bonds. The van der Waals surface area contributed by atoms with E-state index in [0.29, 0.717) is 5.84 Å². The Labute approximate surface area is 88.6 Å². The normalized spacial score (nSPS) is 16.5. The number of rotatable bonds is 1. The second-order valence-corrected chi connectivity index (χ2v) is 4.52. The highest BCUT2D eigenvalue weighted by molar-refractivity contribution is 7.99. The minimum atomic E-state index is 0.628. The molecule has 0 unspecified atom stereocenters. The molecular weight excluding hydrogens is 192 g/mol. The molecule has 0 saturated heterocycles. The van der Waals surface area contributed by atoms with Crippen molar-refractivity contribution in [1.82, 2.24) is 0 Å². The molecule has 1 heterocycles. The molecule has 2 rings (SSSR count). The second kappa shape index (κ2) is 4.05. The van der Waals surface area contributed by atoms with E-state index in [9.17, 15) is 0 Å². The van der Waals surface area contributed by atoms with Crippen molar-refractivity contribution in [1.29, 1.82) is 0 Å². The van der Waals surface area contributed by atoms with Crippen molar-refractivity contribution >= 4 is 17.6 Å². The smallest absolute Gasteiger partial charge is 0.125 e. The summed E-state index contributed by atoms with van der Waals surface area (Å²) in [7, 11) is 1.73. The van der Waals surface area contributed by atoms with Crippen LogP contribution in [0.3, 0.4) is 0 Å². The van der Waals surface area contributed by atoms with Gasteiger partial charge in [-0.15, -0.1) is 11.8 Å². The fraction of sp³-hybridized carbons (Fsp3) is 0.364. The van der Waals surface area contributed by atoms with E-state index in [1.54, 1.807) is 7.05 Å². The Morgan fingerprint density at radius 2 is 2.36 bits per heavy atom. The number of hydrogen-bond donors (Lipinski definition) is 1. The van der Waals surface area contributed by atoms with E-state index in [4.69, 9.17) is 5.73 Å². The van der Waals surface area contributed by atoms with Crippen molar-refractivity contribution in [3.63, 3.8) is 0 Å². The summed E-state index contributed by atoms with van der Waals surface area (Å²) in [6, 6.07) is 6.38. The summed E-state index contributed by atoms with van der Waals surface area (Å²) in [4.78, 5) is 5.40. The maximum absolute atomic E-state index is 5.77. The lowest BCUT2D eigenvalue weighted by molar-refractivity contribution is 0.889.